The van der Waals surface area contributed by atoms with Gasteiger partial charge in [0.25, 0.3) is 0 Å². The van der Waals surface area contributed by atoms with Crippen LogP contribution >= 0.6 is 11.8 Å². The Kier molecular flexibility index (Phi) is 4.22. The second kappa shape index (κ2) is 5.89. The molecule has 0 saturated carbocycles. The summed E-state index contributed by atoms with van der Waals surface area (Å²) in [4.78, 5) is 15.5. The first kappa shape index (κ1) is 13.6. The number of rotatable bonds is 4. The van der Waals surface area contributed by atoms with Crippen molar-refractivity contribution in [3.63, 3.8) is 0 Å². The van der Waals surface area contributed by atoms with Crippen molar-refractivity contribution in [1.82, 2.24) is 4.98 Å². The maximum Gasteiger partial charge on any atom is 0.338 e. The van der Waals surface area contributed by atoms with Crippen molar-refractivity contribution in [3.8, 4) is 0 Å². The van der Waals surface area contributed by atoms with E-state index in [0.29, 0.717) is 5.03 Å². The average molecular weight is 273 g/mol. The summed E-state index contributed by atoms with van der Waals surface area (Å²) in [5, 5.41) is 9.73. The number of carboxylic acids is 1. The van der Waals surface area contributed by atoms with E-state index < -0.39 is 5.97 Å². The lowest BCUT2D eigenvalue weighted by Crippen LogP contribution is -2.02. The van der Waals surface area contributed by atoms with Gasteiger partial charge in [-0.05, 0) is 37.1 Å². The van der Waals surface area contributed by atoms with E-state index in [2.05, 4.69) is 24.0 Å². The Morgan fingerprint density at radius 1 is 1.21 bits per heavy atom. The van der Waals surface area contributed by atoms with Gasteiger partial charge in [-0.1, -0.05) is 24.3 Å². The van der Waals surface area contributed by atoms with Crippen LogP contribution in [0, 0.1) is 13.8 Å². The Morgan fingerprint density at radius 3 is 2.63 bits per heavy atom. The number of aromatic carboxylic acids is 1. The van der Waals surface area contributed by atoms with Crippen molar-refractivity contribution in [2.75, 3.05) is 0 Å². The van der Waals surface area contributed by atoms with Crippen LogP contribution in [0.15, 0.2) is 41.4 Å². The standard InChI is InChI=1S/C15H15NO2S/c1-10-5-3-4-6-12(10)9-19-14-13(15(17)18)8-7-11(2)16-14/h3-8H,9H2,1-2H3,(H,17,18). The number of aryl methyl sites for hydroxylation is 2. The second-order valence-electron chi connectivity index (χ2n) is 4.33. The van der Waals surface area contributed by atoms with Gasteiger partial charge in [0.05, 0.1) is 5.56 Å². The molecule has 0 aliphatic carbocycles. The van der Waals surface area contributed by atoms with Crippen LogP contribution in [0.2, 0.25) is 0 Å². The highest BCUT2D eigenvalue weighted by atomic mass is 32.2. The Morgan fingerprint density at radius 2 is 1.95 bits per heavy atom. The first-order valence-electron chi connectivity index (χ1n) is 5.96. The second-order valence-corrected chi connectivity index (χ2v) is 5.29. The molecular weight excluding hydrogens is 258 g/mol. The van der Waals surface area contributed by atoms with Crippen molar-refractivity contribution >= 4 is 17.7 Å². The molecule has 0 amide bonds. The monoisotopic (exact) mass is 273 g/mol. The summed E-state index contributed by atoms with van der Waals surface area (Å²) < 4.78 is 0. The Bertz CT molecular complexity index is 611. The van der Waals surface area contributed by atoms with E-state index in [1.165, 1.54) is 22.9 Å². The number of nitrogens with zero attached hydrogens (tertiary/aromatic N) is 1. The molecule has 0 bridgehead atoms. The van der Waals surface area contributed by atoms with E-state index in [9.17, 15) is 4.79 Å². The molecule has 0 spiro atoms. The lowest BCUT2D eigenvalue weighted by molar-refractivity contribution is 0.0692. The van der Waals surface area contributed by atoms with E-state index in [4.69, 9.17) is 5.11 Å². The predicted octanol–water partition coefficient (Wildman–Crippen LogP) is 3.69. The number of thioether (sulfide) groups is 1. The van der Waals surface area contributed by atoms with Gasteiger partial charge in [-0.15, -0.1) is 11.8 Å². The number of carboxylic acid groups (broad SMARTS) is 1. The van der Waals surface area contributed by atoms with Crippen LogP contribution in [0.1, 0.15) is 27.2 Å². The molecule has 1 aromatic heterocycles. The number of hydrogen-bond donors (Lipinski definition) is 1. The summed E-state index contributed by atoms with van der Waals surface area (Å²) in [7, 11) is 0. The van der Waals surface area contributed by atoms with E-state index in [0.717, 1.165) is 11.4 Å². The van der Waals surface area contributed by atoms with Crippen LogP contribution in [-0.2, 0) is 5.75 Å². The molecule has 2 rings (SSSR count). The molecule has 0 saturated heterocycles. The number of carbonyl (C=O) groups is 1. The van der Waals surface area contributed by atoms with Crippen LogP contribution in [0.3, 0.4) is 0 Å². The Hall–Kier alpha value is -1.81. The van der Waals surface area contributed by atoms with Gasteiger partial charge in [0.1, 0.15) is 5.03 Å². The number of aromatic nitrogens is 1. The van der Waals surface area contributed by atoms with Gasteiger partial charge in [-0.3, -0.25) is 0 Å². The Balaban J connectivity index is 2.22. The molecule has 19 heavy (non-hydrogen) atoms. The zero-order valence-electron chi connectivity index (χ0n) is 10.9. The third kappa shape index (κ3) is 3.35. The molecule has 4 heteroatoms. The molecule has 2 aromatic rings. The van der Waals surface area contributed by atoms with Crippen LogP contribution in [0.5, 0.6) is 0 Å². The fourth-order valence-corrected chi connectivity index (χ4v) is 2.86. The van der Waals surface area contributed by atoms with Gasteiger partial charge in [-0.2, -0.15) is 0 Å². The molecule has 1 aromatic carbocycles. The fourth-order valence-electron chi connectivity index (χ4n) is 1.72. The van der Waals surface area contributed by atoms with Gasteiger partial charge < -0.3 is 5.11 Å². The van der Waals surface area contributed by atoms with Crippen LogP contribution in [0.4, 0.5) is 0 Å². The van der Waals surface area contributed by atoms with Crippen molar-refractivity contribution in [1.29, 1.82) is 0 Å². The molecule has 1 N–H and O–H groups in total. The van der Waals surface area contributed by atoms with Gasteiger partial charge in [0, 0.05) is 11.4 Å². The first-order chi connectivity index (χ1) is 9.08. The first-order valence-corrected chi connectivity index (χ1v) is 6.94. The van der Waals surface area contributed by atoms with Crippen LogP contribution in [0.25, 0.3) is 0 Å². The molecule has 3 nitrogen and oxygen atoms in total. The molecule has 0 atom stereocenters. The molecule has 0 fully saturated rings. The summed E-state index contributed by atoms with van der Waals surface area (Å²) in [6, 6.07) is 11.4. The van der Waals surface area contributed by atoms with Gasteiger partial charge in [0.2, 0.25) is 0 Å². The largest absolute Gasteiger partial charge is 0.478 e. The lowest BCUT2D eigenvalue weighted by Gasteiger charge is -2.08. The van der Waals surface area contributed by atoms with Crippen molar-refractivity contribution in [3.05, 3.63) is 58.8 Å². The lowest BCUT2D eigenvalue weighted by atomic mass is 10.1. The van der Waals surface area contributed by atoms with Crippen molar-refractivity contribution in [2.24, 2.45) is 0 Å². The maximum absolute atomic E-state index is 11.2. The quantitative estimate of drug-likeness (QED) is 0.863. The highest BCUT2D eigenvalue weighted by molar-refractivity contribution is 7.98. The van der Waals surface area contributed by atoms with Crippen LogP contribution in [-0.4, -0.2) is 16.1 Å². The topological polar surface area (TPSA) is 50.2 Å². The summed E-state index contributed by atoms with van der Waals surface area (Å²) in [5.41, 5.74) is 3.51. The summed E-state index contributed by atoms with van der Waals surface area (Å²) in [6.45, 7) is 3.92. The van der Waals surface area contributed by atoms with E-state index >= 15 is 0 Å². The molecule has 98 valence electrons. The molecule has 0 unspecified atom stereocenters. The molecular formula is C15H15NO2S. The van der Waals surface area contributed by atoms with E-state index in [-0.39, 0.29) is 5.56 Å². The minimum atomic E-state index is -0.931. The molecule has 1 heterocycles. The number of hydrogen-bond acceptors (Lipinski definition) is 3. The maximum atomic E-state index is 11.2. The zero-order valence-corrected chi connectivity index (χ0v) is 11.7. The zero-order chi connectivity index (χ0) is 13.8. The minimum Gasteiger partial charge on any atom is -0.478 e. The third-order valence-corrected chi connectivity index (χ3v) is 3.90. The van der Waals surface area contributed by atoms with Crippen molar-refractivity contribution in [2.45, 2.75) is 24.6 Å². The van der Waals surface area contributed by atoms with E-state index in [1.54, 1.807) is 12.1 Å². The molecule has 0 aliphatic heterocycles. The SMILES string of the molecule is Cc1ccc(C(=O)O)c(SCc2ccccc2C)n1. The smallest absolute Gasteiger partial charge is 0.338 e. The van der Waals surface area contributed by atoms with Crippen molar-refractivity contribution < 1.29 is 9.90 Å². The van der Waals surface area contributed by atoms with E-state index in [1.807, 2.05) is 19.1 Å². The summed E-state index contributed by atoms with van der Waals surface area (Å²) >= 11 is 1.46. The highest BCUT2D eigenvalue weighted by Gasteiger charge is 2.12. The predicted molar refractivity (Wildman–Crippen MR) is 76.7 cm³/mol. The molecule has 0 radical (unpaired) electrons. The molecule has 0 aliphatic rings. The Labute approximate surface area is 116 Å². The van der Waals surface area contributed by atoms with Gasteiger partial charge >= 0.3 is 5.97 Å². The van der Waals surface area contributed by atoms with Crippen LogP contribution < -0.4 is 0 Å². The van der Waals surface area contributed by atoms with Gasteiger partial charge in [-0.25, -0.2) is 9.78 Å². The van der Waals surface area contributed by atoms with Gasteiger partial charge in [0.15, 0.2) is 0 Å². The normalized spacial score (nSPS) is 10.4. The average Bonchev–Trinajstić information content (AvgIpc) is 2.37. The number of benzene rings is 1. The third-order valence-electron chi connectivity index (χ3n) is 2.86. The highest BCUT2D eigenvalue weighted by Crippen LogP contribution is 2.26. The summed E-state index contributed by atoms with van der Waals surface area (Å²) in [5.74, 6) is -0.205. The fraction of sp³-hybridized carbons (Fsp3) is 0.200. The summed E-state index contributed by atoms with van der Waals surface area (Å²) in [6.07, 6.45) is 0. The number of pyridine rings is 1. The minimum absolute atomic E-state index is 0.268.